The highest BCUT2D eigenvalue weighted by atomic mass is 19.1. The van der Waals surface area contributed by atoms with Crippen LogP contribution in [0.3, 0.4) is 0 Å². The van der Waals surface area contributed by atoms with Gasteiger partial charge in [0, 0.05) is 6.20 Å². The Hall–Kier alpha value is -2.42. The summed E-state index contributed by atoms with van der Waals surface area (Å²) in [5.74, 6) is -0.461. The molecule has 5 nitrogen and oxygen atoms in total. The van der Waals surface area contributed by atoms with Crippen molar-refractivity contribution in [2.45, 2.75) is 56.7 Å². The minimum absolute atomic E-state index is 0.235. The molecule has 0 saturated carbocycles. The molecule has 1 aromatic rings. The second kappa shape index (κ2) is 5.59. The van der Waals surface area contributed by atoms with Crippen molar-refractivity contribution in [3.63, 3.8) is 0 Å². The van der Waals surface area contributed by atoms with Gasteiger partial charge in [-0.3, -0.25) is 9.88 Å². The first-order valence-electron chi connectivity index (χ1n) is 7.96. The zero-order valence-corrected chi connectivity index (χ0v) is 14.0. The summed E-state index contributed by atoms with van der Waals surface area (Å²) in [7, 11) is 0. The van der Waals surface area contributed by atoms with E-state index in [1.54, 1.807) is 4.90 Å². The van der Waals surface area contributed by atoms with Crippen LogP contribution in [0.15, 0.2) is 30.6 Å². The van der Waals surface area contributed by atoms with Gasteiger partial charge in [0.15, 0.2) is 0 Å². The molecular weight excluding hydrogens is 309 g/mol. The third kappa shape index (κ3) is 2.86. The molecule has 6 heteroatoms. The lowest BCUT2D eigenvalue weighted by molar-refractivity contribution is 0.00560. The molecule has 1 aromatic heterocycles. The van der Waals surface area contributed by atoms with E-state index < -0.39 is 16.8 Å². The predicted octanol–water partition coefficient (Wildman–Crippen LogP) is 3.32. The molecule has 126 valence electrons. The maximum Gasteiger partial charge on any atom is 0.411 e. The second-order valence-electron chi connectivity index (χ2n) is 7.40. The summed E-state index contributed by atoms with van der Waals surface area (Å²) in [5.41, 5.74) is -0.869. The van der Waals surface area contributed by atoms with E-state index in [-0.39, 0.29) is 18.2 Å². The number of piperidine rings is 1. The van der Waals surface area contributed by atoms with E-state index in [4.69, 9.17) is 4.74 Å². The number of aromatic nitrogens is 1. The first-order chi connectivity index (χ1) is 11.2. The number of pyridine rings is 1. The van der Waals surface area contributed by atoms with Gasteiger partial charge in [-0.15, -0.1) is 0 Å². The van der Waals surface area contributed by atoms with Crippen molar-refractivity contribution in [3.8, 4) is 6.07 Å². The number of carbonyl (C=O) groups excluding carboxylic acids is 1. The molecule has 3 atom stereocenters. The number of rotatable bonds is 1. The third-order valence-corrected chi connectivity index (χ3v) is 4.46. The van der Waals surface area contributed by atoms with Gasteiger partial charge < -0.3 is 4.74 Å². The summed E-state index contributed by atoms with van der Waals surface area (Å²) in [5, 5.41) is 9.80. The summed E-state index contributed by atoms with van der Waals surface area (Å²) < 4.78 is 19.0. The molecule has 0 aromatic carbocycles. The Morgan fingerprint density at radius 3 is 2.50 bits per heavy atom. The predicted molar refractivity (Wildman–Crippen MR) is 85.5 cm³/mol. The number of fused-ring (bicyclic) bond motifs is 2. The van der Waals surface area contributed by atoms with Crippen molar-refractivity contribution >= 4 is 6.09 Å². The van der Waals surface area contributed by atoms with Crippen LogP contribution >= 0.6 is 0 Å². The van der Waals surface area contributed by atoms with Gasteiger partial charge in [0.05, 0.1) is 29.8 Å². The number of halogens is 1. The van der Waals surface area contributed by atoms with Crippen LogP contribution in [0.5, 0.6) is 0 Å². The van der Waals surface area contributed by atoms with Crippen molar-refractivity contribution in [3.05, 3.63) is 42.0 Å². The first kappa shape index (κ1) is 16.4. The Balaban J connectivity index is 1.87. The van der Waals surface area contributed by atoms with E-state index in [1.165, 1.54) is 12.3 Å². The largest absolute Gasteiger partial charge is 0.444 e. The normalized spacial score (nSPS) is 28.5. The maximum atomic E-state index is 13.6. The standard InChI is InChI=1S/C18H20FN3O2/c1-17(2,3)24-16(23)22-14-4-5-15(22)8-18(7-14,11-20)12-6-13(19)10-21-9-12/h4-6,9-10,14-15H,7-8H2,1-3H3/t14-,15+,18?. The second-order valence-corrected chi connectivity index (χ2v) is 7.40. The molecule has 1 unspecified atom stereocenters. The van der Waals surface area contributed by atoms with Crippen LogP contribution in [0.2, 0.25) is 0 Å². The van der Waals surface area contributed by atoms with Crippen LogP contribution in [0.4, 0.5) is 9.18 Å². The highest BCUT2D eigenvalue weighted by Crippen LogP contribution is 2.44. The Morgan fingerprint density at radius 1 is 1.38 bits per heavy atom. The van der Waals surface area contributed by atoms with Crippen LogP contribution in [-0.2, 0) is 10.2 Å². The average molecular weight is 329 g/mol. The van der Waals surface area contributed by atoms with Gasteiger partial charge in [-0.25, -0.2) is 9.18 Å². The molecule has 1 saturated heterocycles. The molecule has 24 heavy (non-hydrogen) atoms. The van der Waals surface area contributed by atoms with Crippen molar-refractivity contribution in [1.82, 2.24) is 9.88 Å². The quantitative estimate of drug-likeness (QED) is 0.741. The molecule has 1 amide bonds. The zero-order chi connectivity index (χ0) is 17.5. The van der Waals surface area contributed by atoms with Gasteiger partial charge in [0.1, 0.15) is 11.4 Å². The summed E-state index contributed by atoms with van der Waals surface area (Å²) in [6, 6.07) is 3.23. The Labute approximate surface area is 140 Å². The number of ether oxygens (including phenoxy) is 1. The van der Waals surface area contributed by atoms with E-state index in [1.807, 2.05) is 32.9 Å². The number of hydrogen-bond acceptors (Lipinski definition) is 4. The maximum absolute atomic E-state index is 13.6. The fourth-order valence-electron chi connectivity index (χ4n) is 3.47. The molecule has 0 N–H and O–H groups in total. The van der Waals surface area contributed by atoms with Gasteiger partial charge >= 0.3 is 6.09 Å². The van der Waals surface area contributed by atoms with E-state index in [2.05, 4.69) is 11.1 Å². The molecule has 0 spiro atoms. The van der Waals surface area contributed by atoms with Gasteiger partial charge in [0.25, 0.3) is 0 Å². The topological polar surface area (TPSA) is 66.2 Å². The number of amides is 1. The molecule has 2 bridgehead atoms. The first-order valence-corrected chi connectivity index (χ1v) is 7.96. The average Bonchev–Trinajstić information content (AvgIpc) is 2.77. The Morgan fingerprint density at radius 2 is 2.00 bits per heavy atom. The van der Waals surface area contributed by atoms with Crippen LogP contribution in [0, 0.1) is 17.1 Å². The SMILES string of the molecule is CC(C)(C)OC(=O)N1[C@@H]2C=C[C@H]1CC(C#N)(c1cncc(F)c1)C2. The van der Waals surface area contributed by atoms with Gasteiger partial charge in [-0.2, -0.15) is 5.26 Å². The van der Waals surface area contributed by atoms with E-state index in [9.17, 15) is 14.4 Å². The van der Waals surface area contributed by atoms with E-state index >= 15 is 0 Å². The van der Waals surface area contributed by atoms with Crippen molar-refractivity contribution in [1.29, 1.82) is 5.26 Å². The minimum Gasteiger partial charge on any atom is -0.444 e. The summed E-state index contributed by atoms with van der Waals surface area (Å²) in [6.07, 6.45) is 6.95. The molecule has 0 radical (unpaired) electrons. The Kier molecular flexibility index (Phi) is 3.83. The zero-order valence-electron chi connectivity index (χ0n) is 14.0. The molecule has 0 aliphatic carbocycles. The highest BCUT2D eigenvalue weighted by Gasteiger charge is 2.50. The number of nitriles is 1. The van der Waals surface area contributed by atoms with Gasteiger partial charge in [0.2, 0.25) is 0 Å². The van der Waals surface area contributed by atoms with Crippen molar-refractivity contribution < 1.29 is 13.9 Å². The summed E-state index contributed by atoms with van der Waals surface area (Å²) in [4.78, 5) is 18.0. The number of hydrogen-bond donors (Lipinski definition) is 0. The van der Waals surface area contributed by atoms with Crippen LogP contribution in [0.25, 0.3) is 0 Å². The van der Waals surface area contributed by atoms with Crippen LogP contribution < -0.4 is 0 Å². The van der Waals surface area contributed by atoms with Crippen molar-refractivity contribution in [2.75, 3.05) is 0 Å². The highest BCUT2D eigenvalue weighted by molar-refractivity contribution is 5.71. The van der Waals surface area contributed by atoms with Gasteiger partial charge in [-0.05, 0) is 45.2 Å². The monoisotopic (exact) mass is 329 g/mol. The van der Waals surface area contributed by atoms with Crippen molar-refractivity contribution in [2.24, 2.45) is 0 Å². The molecule has 1 fully saturated rings. The molecule has 3 rings (SSSR count). The third-order valence-electron chi connectivity index (χ3n) is 4.46. The van der Waals surface area contributed by atoms with E-state index in [0.29, 0.717) is 18.4 Å². The molecule has 3 heterocycles. The Bertz CT molecular complexity index is 717. The lowest BCUT2D eigenvalue weighted by Gasteiger charge is -2.43. The van der Waals surface area contributed by atoms with Crippen LogP contribution in [0.1, 0.15) is 39.2 Å². The molecule has 2 aliphatic rings. The van der Waals surface area contributed by atoms with Gasteiger partial charge in [-0.1, -0.05) is 12.2 Å². The summed E-state index contributed by atoms with van der Waals surface area (Å²) >= 11 is 0. The molecule has 2 aliphatic heterocycles. The fraction of sp³-hybridized carbons (Fsp3) is 0.500. The minimum atomic E-state index is -0.855. The van der Waals surface area contributed by atoms with E-state index in [0.717, 1.165) is 6.20 Å². The number of carbonyl (C=O) groups is 1. The fourth-order valence-corrected chi connectivity index (χ4v) is 3.47. The number of nitrogens with zero attached hydrogens (tertiary/aromatic N) is 3. The summed E-state index contributed by atoms with van der Waals surface area (Å²) in [6.45, 7) is 5.46. The van der Waals surface area contributed by atoms with Crippen LogP contribution in [-0.4, -0.2) is 33.7 Å². The lowest BCUT2D eigenvalue weighted by atomic mass is 9.71. The smallest absolute Gasteiger partial charge is 0.411 e. The lowest BCUT2D eigenvalue weighted by Crippen LogP contribution is -2.53. The molecular formula is C18H20FN3O2.